The molecule has 0 unspecified atom stereocenters. The van der Waals surface area contributed by atoms with E-state index in [4.69, 9.17) is 4.74 Å². The first kappa shape index (κ1) is 19.9. The molecule has 7 heteroatoms. The summed E-state index contributed by atoms with van der Waals surface area (Å²) in [6.45, 7) is 3.12. The Morgan fingerprint density at radius 1 is 1.33 bits per heavy atom. The summed E-state index contributed by atoms with van der Waals surface area (Å²) in [6, 6.07) is 8.41. The number of nitrogens with one attached hydrogen (secondary N) is 2. The van der Waals surface area contributed by atoms with E-state index in [9.17, 15) is 9.59 Å². The average molecular weight is 392 g/mol. The Hall–Kier alpha value is -1.89. The Labute approximate surface area is 165 Å². The third-order valence-corrected chi connectivity index (χ3v) is 6.69. The lowest BCUT2D eigenvalue weighted by molar-refractivity contribution is -0.130. The molecule has 2 aliphatic heterocycles. The Bertz CT molecular complexity index is 670. The molecule has 2 heterocycles. The first-order valence-electron chi connectivity index (χ1n) is 9.65. The lowest BCUT2D eigenvalue weighted by atomic mass is 10.0. The zero-order valence-electron chi connectivity index (χ0n) is 16.1. The van der Waals surface area contributed by atoms with Crippen LogP contribution in [0.5, 0.6) is 5.75 Å². The molecule has 6 nitrogen and oxygen atoms in total. The highest BCUT2D eigenvalue weighted by Gasteiger charge is 2.42. The number of aryl methyl sites for hydroxylation is 1. The summed E-state index contributed by atoms with van der Waals surface area (Å²) in [4.78, 5) is 25.4. The first-order chi connectivity index (χ1) is 13.0. The topological polar surface area (TPSA) is 70.7 Å². The minimum atomic E-state index is -0.0417. The highest BCUT2D eigenvalue weighted by atomic mass is 32.2. The van der Waals surface area contributed by atoms with Crippen LogP contribution in [0.2, 0.25) is 0 Å². The summed E-state index contributed by atoms with van der Waals surface area (Å²) in [7, 11) is 1.83. The number of carbonyl (C=O) groups is 2. The third kappa shape index (κ3) is 5.54. The summed E-state index contributed by atoms with van der Waals surface area (Å²) in [5.41, 5.74) is 1.16. The lowest BCUT2D eigenvalue weighted by Gasteiger charge is -2.19. The smallest absolute Gasteiger partial charge is 0.315 e. The summed E-state index contributed by atoms with van der Waals surface area (Å²) in [5.74, 6) is 1.99. The highest BCUT2D eigenvalue weighted by Crippen LogP contribution is 2.33. The molecule has 0 bridgehead atoms. The number of hydrogen-bond acceptors (Lipinski definition) is 4. The monoisotopic (exact) mass is 391 g/mol. The van der Waals surface area contributed by atoms with Gasteiger partial charge in [-0.15, -0.1) is 0 Å². The van der Waals surface area contributed by atoms with Gasteiger partial charge in [-0.2, -0.15) is 11.8 Å². The molecule has 27 heavy (non-hydrogen) atoms. The fourth-order valence-corrected chi connectivity index (χ4v) is 5.13. The second-order valence-electron chi connectivity index (χ2n) is 7.35. The van der Waals surface area contributed by atoms with E-state index in [0.29, 0.717) is 24.8 Å². The molecule has 2 fully saturated rings. The number of rotatable bonds is 9. The molecule has 1 aromatic carbocycles. The van der Waals surface area contributed by atoms with Crippen molar-refractivity contribution < 1.29 is 14.3 Å². The van der Waals surface area contributed by atoms with Gasteiger partial charge in [0.2, 0.25) is 5.91 Å². The van der Waals surface area contributed by atoms with Crippen molar-refractivity contribution in [3.63, 3.8) is 0 Å². The van der Waals surface area contributed by atoms with E-state index in [0.717, 1.165) is 36.3 Å². The lowest BCUT2D eigenvalue weighted by Crippen LogP contribution is -2.36. The second-order valence-corrected chi connectivity index (χ2v) is 8.62. The maximum Gasteiger partial charge on any atom is 0.315 e. The molecule has 2 saturated heterocycles. The van der Waals surface area contributed by atoms with E-state index in [1.54, 1.807) is 4.90 Å². The van der Waals surface area contributed by atoms with Gasteiger partial charge in [0, 0.05) is 24.5 Å². The molecule has 0 radical (unpaired) electrons. The minimum Gasteiger partial charge on any atom is -0.492 e. The van der Waals surface area contributed by atoms with E-state index in [1.165, 1.54) is 0 Å². The number of carbonyl (C=O) groups excluding carboxylic acids is 2. The summed E-state index contributed by atoms with van der Waals surface area (Å²) >= 11 is 1.92. The van der Waals surface area contributed by atoms with Crippen molar-refractivity contribution in [2.45, 2.75) is 49.9 Å². The van der Waals surface area contributed by atoms with Gasteiger partial charge in [-0.1, -0.05) is 18.6 Å². The molecule has 0 aromatic heterocycles. The van der Waals surface area contributed by atoms with Crippen LogP contribution >= 0.6 is 11.8 Å². The Kier molecular flexibility index (Phi) is 6.88. The van der Waals surface area contributed by atoms with E-state index in [2.05, 4.69) is 10.6 Å². The van der Waals surface area contributed by atoms with Crippen molar-refractivity contribution in [3.05, 3.63) is 29.8 Å². The van der Waals surface area contributed by atoms with Gasteiger partial charge < -0.3 is 20.3 Å². The fourth-order valence-electron chi connectivity index (χ4n) is 3.59. The number of benzene rings is 1. The number of nitrogens with zero attached hydrogens (tertiary/aromatic N) is 1. The van der Waals surface area contributed by atoms with Gasteiger partial charge in [0.25, 0.3) is 0 Å². The van der Waals surface area contributed by atoms with Gasteiger partial charge in [-0.3, -0.25) is 4.79 Å². The summed E-state index contributed by atoms with van der Waals surface area (Å²) in [5, 5.41) is 6.44. The number of likely N-dealkylation sites (N-methyl/N-ethyl adjacent to an activating group) is 1. The predicted octanol–water partition coefficient (Wildman–Crippen LogP) is 2.56. The van der Waals surface area contributed by atoms with Crippen LogP contribution in [0.15, 0.2) is 24.3 Å². The molecule has 3 amide bonds. The normalized spacial score (nSPS) is 23.5. The molecule has 3 atom stereocenters. The van der Waals surface area contributed by atoms with Crippen LogP contribution in [-0.4, -0.2) is 60.1 Å². The van der Waals surface area contributed by atoms with Gasteiger partial charge in [0.15, 0.2) is 0 Å². The van der Waals surface area contributed by atoms with Crippen molar-refractivity contribution in [2.24, 2.45) is 0 Å². The molecule has 0 spiro atoms. The van der Waals surface area contributed by atoms with Gasteiger partial charge >= 0.3 is 6.03 Å². The molecule has 3 rings (SSSR count). The number of unbranched alkanes of at least 4 members (excludes halogenated alkanes) is 1. The fraction of sp³-hybridized carbons (Fsp3) is 0.600. The predicted molar refractivity (Wildman–Crippen MR) is 108 cm³/mol. The van der Waals surface area contributed by atoms with E-state index in [1.807, 2.05) is 50.0 Å². The number of ether oxygens (including phenoxy) is 1. The number of thioether (sulfide) groups is 1. The molecule has 148 valence electrons. The first-order valence-corrected chi connectivity index (χ1v) is 10.7. The largest absolute Gasteiger partial charge is 0.492 e. The molecule has 2 aliphatic rings. The summed E-state index contributed by atoms with van der Waals surface area (Å²) < 4.78 is 5.71. The van der Waals surface area contributed by atoms with Crippen LogP contribution in [0.3, 0.4) is 0 Å². The number of hydrogen-bond donors (Lipinski definition) is 2. The number of urea groups is 1. The quantitative estimate of drug-likeness (QED) is 0.501. The van der Waals surface area contributed by atoms with Gasteiger partial charge in [0.1, 0.15) is 12.4 Å². The van der Waals surface area contributed by atoms with Crippen molar-refractivity contribution in [3.8, 4) is 5.75 Å². The minimum absolute atomic E-state index is 0.0417. The molecule has 2 N–H and O–H groups in total. The van der Waals surface area contributed by atoms with Crippen molar-refractivity contribution in [2.75, 3.05) is 26.0 Å². The Morgan fingerprint density at radius 2 is 2.19 bits per heavy atom. The van der Waals surface area contributed by atoms with Crippen LogP contribution in [0.4, 0.5) is 4.79 Å². The molecule has 1 aromatic rings. The molecular weight excluding hydrogens is 362 g/mol. The van der Waals surface area contributed by atoms with Crippen molar-refractivity contribution >= 4 is 23.7 Å². The molecule has 0 saturated carbocycles. The van der Waals surface area contributed by atoms with E-state index in [-0.39, 0.29) is 24.0 Å². The SMILES string of the molecule is Cc1cccc(OCCN(C)C(=O)CCCC[C@@H]2SC[C@@H]3NC(=O)N[C@@H]32)c1. The Balaban J connectivity index is 1.28. The van der Waals surface area contributed by atoms with Gasteiger partial charge in [-0.05, 0) is 37.5 Å². The molecular formula is C20H29N3O3S. The average Bonchev–Trinajstić information content (AvgIpc) is 3.18. The number of amides is 3. The zero-order valence-corrected chi connectivity index (χ0v) is 16.9. The molecule has 0 aliphatic carbocycles. The van der Waals surface area contributed by atoms with Crippen molar-refractivity contribution in [1.82, 2.24) is 15.5 Å². The highest BCUT2D eigenvalue weighted by molar-refractivity contribution is 8.00. The van der Waals surface area contributed by atoms with Crippen LogP contribution in [0.1, 0.15) is 31.2 Å². The zero-order chi connectivity index (χ0) is 19.2. The maximum atomic E-state index is 12.3. The maximum absolute atomic E-state index is 12.3. The standard InChI is InChI=1S/C20H29N3O3S/c1-14-6-5-7-15(12-14)26-11-10-23(2)18(24)9-4-3-8-17-19-16(13-27-17)21-20(25)22-19/h5-7,12,16-17,19H,3-4,8-11,13H2,1-2H3,(H2,21,22,25)/t16-,17-,19-/m0/s1. The van der Waals surface area contributed by atoms with E-state index >= 15 is 0 Å². The third-order valence-electron chi connectivity index (χ3n) is 5.18. The second kappa shape index (κ2) is 9.35. The van der Waals surface area contributed by atoms with Crippen LogP contribution in [0, 0.1) is 6.92 Å². The van der Waals surface area contributed by atoms with Crippen LogP contribution in [0.25, 0.3) is 0 Å². The van der Waals surface area contributed by atoms with Crippen LogP contribution < -0.4 is 15.4 Å². The van der Waals surface area contributed by atoms with E-state index < -0.39 is 0 Å². The van der Waals surface area contributed by atoms with Crippen LogP contribution in [-0.2, 0) is 4.79 Å². The van der Waals surface area contributed by atoms with Crippen molar-refractivity contribution in [1.29, 1.82) is 0 Å². The number of fused-ring (bicyclic) bond motifs is 1. The van der Waals surface area contributed by atoms with Gasteiger partial charge in [-0.25, -0.2) is 4.79 Å². The van der Waals surface area contributed by atoms with Gasteiger partial charge in [0.05, 0.1) is 18.6 Å². The summed E-state index contributed by atoms with van der Waals surface area (Å²) in [6.07, 6.45) is 3.51. The Morgan fingerprint density at radius 3 is 3.00 bits per heavy atom.